The molecule has 3 rings (SSSR count). The molecule has 1 aromatic heterocycles. The average molecular weight is 356 g/mol. The zero-order valence-corrected chi connectivity index (χ0v) is 14.8. The van der Waals surface area contributed by atoms with Gasteiger partial charge in [-0.1, -0.05) is 30.3 Å². The third-order valence-corrected chi connectivity index (χ3v) is 4.44. The molecule has 1 fully saturated rings. The Balaban J connectivity index is 1.63. The van der Waals surface area contributed by atoms with Crippen molar-refractivity contribution in [1.29, 1.82) is 0 Å². The normalized spacial score (nSPS) is 14.7. The number of nitrogens with one attached hydrogen (secondary N) is 2. The quantitative estimate of drug-likeness (QED) is 0.677. The molecule has 2 aromatic rings. The van der Waals surface area contributed by atoms with Gasteiger partial charge in [0.15, 0.2) is 0 Å². The number of carboxylic acids is 1. The summed E-state index contributed by atoms with van der Waals surface area (Å²) in [5.41, 5.74) is 2.71. The zero-order valence-electron chi connectivity index (χ0n) is 14.8. The van der Waals surface area contributed by atoms with Crippen molar-refractivity contribution in [3.63, 3.8) is 0 Å². The number of carbonyl (C=O) groups excluding carboxylic acids is 1. The van der Waals surface area contributed by atoms with Crippen LogP contribution in [-0.4, -0.2) is 32.9 Å². The van der Waals surface area contributed by atoms with Gasteiger partial charge in [-0.2, -0.15) is 5.10 Å². The van der Waals surface area contributed by atoms with Crippen LogP contribution in [0.25, 0.3) is 0 Å². The van der Waals surface area contributed by atoms with E-state index in [1.54, 1.807) is 10.9 Å². The number of carboxylic acid groups (broad SMARTS) is 1. The van der Waals surface area contributed by atoms with E-state index in [2.05, 4.69) is 15.7 Å². The molecule has 0 aliphatic heterocycles. The molecule has 26 heavy (non-hydrogen) atoms. The number of nitrogens with zero attached hydrogens (tertiary/aromatic N) is 2. The van der Waals surface area contributed by atoms with E-state index in [-0.39, 0.29) is 18.5 Å². The fourth-order valence-corrected chi connectivity index (χ4v) is 3.03. The third-order valence-electron chi connectivity index (χ3n) is 4.44. The Bertz CT molecular complexity index is 768. The lowest BCUT2D eigenvalue weighted by molar-refractivity contribution is -0.137. The first-order valence-corrected chi connectivity index (χ1v) is 8.88. The van der Waals surface area contributed by atoms with Crippen molar-refractivity contribution in [2.24, 2.45) is 7.05 Å². The fourth-order valence-electron chi connectivity index (χ4n) is 3.03. The summed E-state index contributed by atoms with van der Waals surface area (Å²) in [4.78, 5) is 23.4. The van der Waals surface area contributed by atoms with Gasteiger partial charge >= 0.3 is 12.0 Å². The van der Waals surface area contributed by atoms with E-state index in [0.717, 1.165) is 29.8 Å². The number of amides is 2. The summed E-state index contributed by atoms with van der Waals surface area (Å²) in [5.74, 6) is -0.438. The molecule has 0 spiro atoms. The molecule has 1 atom stereocenters. The van der Waals surface area contributed by atoms with Crippen molar-refractivity contribution in [2.75, 3.05) is 5.32 Å². The smallest absolute Gasteiger partial charge is 0.319 e. The minimum absolute atomic E-state index is 0.0119. The second-order valence-electron chi connectivity index (χ2n) is 6.79. The number of benzene rings is 1. The molecule has 7 nitrogen and oxygen atoms in total. The molecule has 3 N–H and O–H groups in total. The highest BCUT2D eigenvalue weighted by Gasteiger charge is 2.29. The fraction of sp³-hybridized carbons (Fsp3) is 0.421. The summed E-state index contributed by atoms with van der Waals surface area (Å²) in [6.45, 7) is 0. The van der Waals surface area contributed by atoms with E-state index >= 15 is 0 Å². The van der Waals surface area contributed by atoms with Gasteiger partial charge in [-0.25, -0.2) is 4.79 Å². The standard InChI is InChI=1S/C19H24N4O3/c1-23-12-16(18(22-23)14-7-8-14)21-19(26)20-15(9-10-17(24)25)11-13-5-3-2-4-6-13/h2-6,12,14-15H,7-11H2,1H3,(H,24,25)(H2,20,21,26). The molecule has 7 heteroatoms. The lowest BCUT2D eigenvalue weighted by atomic mass is 10.0. The highest BCUT2D eigenvalue weighted by Crippen LogP contribution is 2.42. The Kier molecular flexibility index (Phi) is 5.55. The van der Waals surface area contributed by atoms with Crippen molar-refractivity contribution in [1.82, 2.24) is 15.1 Å². The van der Waals surface area contributed by atoms with Crippen LogP contribution in [0.3, 0.4) is 0 Å². The summed E-state index contributed by atoms with van der Waals surface area (Å²) in [6, 6.07) is 9.15. The zero-order chi connectivity index (χ0) is 18.5. The minimum atomic E-state index is -0.867. The molecule has 1 unspecified atom stereocenters. The number of carbonyl (C=O) groups is 2. The molecule has 1 aliphatic rings. The van der Waals surface area contributed by atoms with Crippen molar-refractivity contribution in [3.8, 4) is 0 Å². The van der Waals surface area contributed by atoms with Gasteiger partial charge < -0.3 is 15.7 Å². The molecule has 1 aromatic carbocycles. The van der Waals surface area contributed by atoms with Crippen molar-refractivity contribution in [3.05, 3.63) is 47.8 Å². The molecular weight excluding hydrogens is 332 g/mol. The second kappa shape index (κ2) is 8.03. The molecule has 138 valence electrons. The molecule has 2 amide bonds. The first kappa shape index (κ1) is 18.0. The van der Waals surface area contributed by atoms with Crippen LogP contribution in [-0.2, 0) is 18.3 Å². The van der Waals surface area contributed by atoms with Gasteiger partial charge in [0.05, 0.1) is 11.4 Å². The number of urea groups is 1. The predicted octanol–water partition coefficient (Wildman–Crippen LogP) is 2.90. The number of hydrogen-bond acceptors (Lipinski definition) is 3. The van der Waals surface area contributed by atoms with Gasteiger partial charge in [0.25, 0.3) is 0 Å². The van der Waals surface area contributed by atoms with Gasteiger partial charge in [-0.3, -0.25) is 9.48 Å². The maximum absolute atomic E-state index is 12.5. The summed E-state index contributed by atoms with van der Waals surface area (Å²) < 4.78 is 1.70. The van der Waals surface area contributed by atoms with Crippen LogP contribution >= 0.6 is 0 Å². The topological polar surface area (TPSA) is 96.2 Å². The Labute approximate surface area is 152 Å². The number of rotatable bonds is 8. The van der Waals surface area contributed by atoms with Gasteiger partial charge in [0.1, 0.15) is 0 Å². The Morgan fingerprint density at radius 1 is 1.31 bits per heavy atom. The molecule has 1 heterocycles. The van der Waals surface area contributed by atoms with Crippen LogP contribution in [0, 0.1) is 0 Å². The van der Waals surface area contributed by atoms with E-state index < -0.39 is 5.97 Å². The summed E-state index contributed by atoms with van der Waals surface area (Å²) in [5, 5.41) is 19.2. The molecule has 1 aliphatic carbocycles. The Morgan fingerprint density at radius 3 is 2.69 bits per heavy atom. The largest absolute Gasteiger partial charge is 0.481 e. The summed E-state index contributed by atoms with van der Waals surface area (Å²) in [7, 11) is 1.83. The van der Waals surface area contributed by atoms with Crippen LogP contribution in [0.1, 0.15) is 42.9 Å². The Morgan fingerprint density at radius 2 is 2.04 bits per heavy atom. The molecule has 0 bridgehead atoms. The molecule has 0 radical (unpaired) electrons. The number of hydrogen-bond donors (Lipinski definition) is 3. The number of aryl methyl sites for hydroxylation is 1. The maximum atomic E-state index is 12.5. The SMILES string of the molecule is Cn1cc(NC(=O)NC(CCC(=O)O)Cc2ccccc2)c(C2CC2)n1. The highest BCUT2D eigenvalue weighted by atomic mass is 16.4. The van der Waals surface area contributed by atoms with Gasteiger partial charge in [0.2, 0.25) is 0 Å². The van der Waals surface area contributed by atoms with E-state index in [0.29, 0.717) is 18.8 Å². The van der Waals surface area contributed by atoms with Gasteiger partial charge in [0, 0.05) is 31.6 Å². The average Bonchev–Trinajstić information content (AvgIpc) is 3.37. The third kappa shape index (κ3) is 5.08. The molecule has 1 saturated carbocycles. The van der Waals surface area contributed by atoms with Crippen LogP contribution in [0.4, 0.5) is 10.5 Å². The summed E-state index contributed by atoms with van der Waals surface area (Å²) in [6.07, 6.45) is 4.98. The van der Waals surface area contributed by atoms with E-state index in [9.17, 15) is 9.59 Å². The van der Waals surface area contributed by atoms with Crippen LogP contribution in [0.2, 0.25) is 0 Å². The molecule has 0 saturated heterocycles. The Hall–Kier alpha value is -2.83. The monoisotopic (exact) mass is 356 g/mol. The van der Waals surface area contributed by atoms with Crippen LogP contribution < -0.4 is 10.6 Å². The van der Waals surface area contributed by atoms with E-state index in [4.69, 9.17) is 5.11 Å². The number of aromatic nitrogens is 2. The first-order valence-electron chi connectivity index (χ1n) is 8.88. The molecular formula is C19H24N4O3. The predicted molar refractivity (Wildman–Crippen MR) is 98.1 cm³/mol. The van der Waals surface area contributed by atoms with Gasteiger partial charge in [-0.15, -0.1) is 0 Å². The first-order chi connectivity index (χ1) is 12.5. The van der Waals surface area contributed by atoms with Crippen LogP contribution in [0.5, 0.6) is 0 Å². The lowest BCUT2D eigenvalue weighted by Crippen LogP contribution is -2.39. The van der Waals surface area contributed by atoms with Crippen molar-refractivity contribution in [2.45, 2.75) is 44.1 Å². The van der Waals surface area contributed by atoms with Crippen LogP contribution in [0.15, 0.2) is 36.5 Å². The maximum Gasteiger partial charge on any atom is 0.319 e. The number of anilines is 1. The highest BCUT2D eigenvalue weighted by molar-refractivity contribution is 5.90. The number of aliphatic carboxylic acids is 1. The van der Waals surface area contributed by atoms with E-state index in [1.165, 1.54) is 0 Å². The lowest BCUT2D eigenvalue weighted by Gasteiger charge is -2.18. The summed E-state index contributed by atoms with van der Waals surface area (Å²) >= 11 is 0. The second-order valence-corrected chi connectivity index (χ2v) is 6.79. The van der Waals surface area contributed by atoms with E-state index in [1.807, 2.05) is 37.4 Å². The van der Waals surface area contributed by atoms with Crippen molar-refractivity contribution >= 4 is 17.7 Å². The van der Waals surface area contributed by atoms with Crippen molar-refractivity contribution < 1.29 is 14.7 Å². The minimum Gasteiger partial charge on any atom is -0.481 e. The van der Waals surface area contributed by atoms with Gasteiger partial charge in [-0.05, 0) is 31.2 Å².